The minimum atomic E-state index is -0.679. The van der Waals surface area contributed by atoms with Gasteiger partial charge in [-0.15, -0.1) is 0 Å². The molecule has 2 rings (SSSR count). The van der Waals surface area contributed by atoms with Crippen molar-refractivity contribution in [1.29, 1.82) is 0 Å². The molecule has 2 aromatic rings. The summed E-state index contributed by atoms with van der Waals surface area (Å²) < 4.78 is 9.92. The van der Waals surface area contributed by atoms with Crippen molar-refractivity contribution >= 4 is 22.6 Å². The van der Waals surface area contributed by atoms with Gasteiger partial charge in [-0.05, 0) is 13.0 Å². The molecule has 0 aliphatic rings. The van der Waals surface area contributed by atoms with Crippen molar-refractivity contribution in [2.45, 2.75) is 13.2 Å². The molecule has 6 nitrogen and oxygen atoms in total. The van der Waals surface area contributed by atoms with Crippen LogP contribution < -0.4 is 5.32 Å². The average molecular weight is 290 g/mol. The van der Waals surface area contributed by atoms with Crippen molar-refractivity contribution in [1.82, 2.24) is 10.3 Å². The van der Waals surface area contributed by atoms with E-state index < -0.39 is 18.0 Å². The van der Waals surface area contributed by atoms with Crippen molar-refractivity contribution in [2.75, 3.05) is 20.8 Å². The average Bonchev–Trinajstić information content (AvgIpc) is 2.83. The number of ketones is 1. The molecular weight excluding hydrogens is 272 g/mol. The monoisotopic (exact) mass is 290 g/mol. The highest BCUT2D eigenvalue weighted by Gasteiger charge is 2.23. The van der Waals surface area contributed by atoms with E-state index in [0.717, 1.165) is 10.9 Å². The van der Waals surface area contributed by atoms with E-state index in [1.54, 1.807) is 6.92 Å². The number of para-hydroxylation sites is 1. The number of hydrogen-bond acceptors (Lipinski definition) is 4. The first-order valence-corrected chi connectivity index (χ1v) is 6.54. The lowest BCUT2D eigenvalue weighted by atomic mass is 10.1. The Balaban J connectivity index is 2.18. The Morgan fingerprint density at radius 1 is 1.24 bits per heavy atom. The number of Topliss-reactive ketones (excluding diaryl/α,β-unsaturated/α-hetero) is 1. The van der Waals surface area contributed by atoms with Gasteiger partial charge < -0.3 is 19.8 Å². The van der Waals surface area contributed by atoms with E-state index in [9.17, 15) is 9.59 Å². The van der Waals surface area contributed by atoms with Gasteiger partial charge in [-0.25, -0.2) is 0 Å². The van der Waals surface area contributed by atoms with Crippen LogP contribution in [0.4, 0.5) is 0 Å². The quantitative estimate of drug-likeness (QED) is 0.478. The lowest BCUT2D eigenvalue weighted by Gasteiger charge is -2.13. The molecule has 112 valence electrons. The van der Waals surface area contributed by atoms with Crippen LogP contribution in [0.15, 0.2) is 24.3 Å². The zero-order valence-corrected chi connectivity index (χ0v) is 12.2. The minimum absolute atomic E-state index is 0.110. The van der Waals surface area contributed by atoms with Gasteiger partial charge in [0, 0.05) is 30.8 Å². The number of benzene rings is 1. The molecule has 1 aromatic heterocycles. The van der Waals surface area contributed by atoms with Crippen molar-refractivity contribution < 1.29 is 19.1 Å². The van der Waals surface area contributed by atoms with Crippen LogP contribution in [0, 0.1) is 6.92 Å². The van der Waals surface area contributed by atoms with Crippen LogP contribution >= 0.6 is 0 Å². The first-order chi connectivity index (χ1) is 10.1. The summed E-state index contributed by atoms with van der Waals surface area (Å²) >= 11 is 0. The van der Waals surface area contributed by atoms with Gasteiger partial charge in [0.25, 0.3) is 11.7 Å². The molecule has 0 saturated heterocycles. The summed E-state index contributed by atoms with van der Waals surface area (Å²) in [7, 11) is 2.93. The van der Waals surface area contributed by atoms with Gasteiger partial charge in [0.15, 0.2) is 6.29 Å². The maximum absolute atomic E-state index is 12.3. The third-order valence-electron chi connectivity index (χ3n) is 3.28. The second kappa shape index (κ2) is 6.51. The summed E-state index contributed by atoms with van der Waals surface area (Å²) in [6.07, 6.45) is -0.578. The standard InChI is InChI=1S/C15H18N2O4/c1-9-13(10-6-4-5-7-11(10)17-9)14(18)15(19)16-8-12(20-2)21-3/h4-7,12,17H,8H2,1-3H3,(H,16,19). The molecule has 21 heavy (non-hydrogen) atoms. The molecule has 0 atom stereocenters. The van der Waals surface area contributed by atoms with E-state index >= 15 is 0 Å². The molecule has 1 aromatic carbocycles. The number of methoxy groups -OCH3 is 2. The summed E-state index contributed by atoms with van der Waals surface area (Å²) in [6, 6.07) is 7.37. The third kappa shape index (κ3) is 3.12. The Hall–Kier alpha value is -2.18. The van der Waals surface area contributed by atoms with E-state index in [1.165, 1.54) is 14.2 Å². The Kier molecular flexibility index (Phi) is 4.72. The fraction of sp³-hybridized carbons (Fsp3) is 0.333. The summed E-state index contributed by atoms with van der Waals surface area (Å²) in [4.78, 5) is 27.4. The second-order valence-electron chi connectivity index (χ2n) is 4.61. The van der Waals surface area contributed by atoms with Gasteiger partial charge in [0.05, 0.1) is 12.1 Å². The predicted molar refractivity (Wildman–Crippen MR) is 78.2 cm³/mol. The Labute approximate surface area is 122 Å². The lowest BCUT2D eigenvalue weighted by molar-refractivity contribution is -0.123. The SMILES string of the molecule is COC(CNC(=O)C(=O)c1c(C)[nH]c2ccccc12)OC. The highest BCUT2D eigenvalue weighted by Crippen LogP contribution is 2.22. The highest BCUT2D eigenvalue weighted by molar-refractivity contribution is 6.45. The zero-order valence-electron chi connectivity index (χ0n) is 12.2. The van der Waals surface area contributed by atoms with Crippen LogP contribution in [0.3, 0.4) is 0 Å². The number of carbonyl (C=O) groups is 2. The van der Waals surface area contributed by atoms with Crippen LogP contribution in [0.1, 0.15) is 16.1 Å². The molecule has 0 aliphatic carbocycles. The molecule has 0 saturated carbocycles. The number of rotatable bonds is 6. The predicted octanol–water partition coefficient (Wildman–Crippen LogP) is 1.39. The van der Waals surface area contributed by atoms with Crippen molar-refractivity contribution in [2.24, 2.45) is 0 Å². The number of hydrogen-bond donors (Lipinski definition) is 2. The molecule has 1 heterocycles. The van der Waals surface area contributed by atoms with E-state index in [4.69, 9.17) is 9.47 Å². The normalized spacial score (nSPS) is 11.0. The van der Waals surface area contributed by atoms with Gasteiger partial charge in [-0.1, -0.05) is 18.2 Å². The topological polar surface area (TPSA) is 80.4 Å². The Morgan fingerprint density at radius 2 is 1.90 bits per heavy atom. The molecule has 0 aliphatic heterocycles. The van der Waals surface area contributed by atoms with E-state index in [-0.39, 0.29) is 6.54 Å². The second-order valence-corrected chi connectivity index (χ2v) is 4.61. The first kappa shape index (κ1) is 15.2. The molecule has 0 bridgehead atoms. The first-order valence-electron chi connectivity index (χ1n) is 6.54. The number of aryl methyl sites for hydroxylation is 1. The van der Waals surface area contributed by atoms with Crippen molar-refractivity contribution in [3.05, 3.63) is 35.5 Å². The van der Waals surface area contributed by atoms with Gasteiger partial charge in [0.2, 0.25) is 0 Å². The zero-order chi connectivity index (χ0) is 15.4. The molecule has 6 heteroatoms. The van der Waals surface area contributed by atoms with Crippen LogP contribution in [0.25, 0.3) is 10.9 Å². The van der Waals surface area contributed by atoms with Crippen LogP contribution in [0.5, 0.6) is 0 Å². The van der Waals surface area contributed by atoms with Crippen molar-refractivity contribution in [3.63, 3.8) is 0 Å². The van der Waals surface area contributed by atoms with Gasteiger partial charge >= 0.3 is 0 Å². The number of carbonyl (C=O) groups excluding carboxylic acids is 2. The minimum Gasteiger partial charge on any atom is -0.358 e. The molecule has 0 radical (unpaired) electrons. The maximum Gasteiger partial charge on any atom is 0.292 e. The summed E-state index contributed by atoms with van der Waals surface area (Å²) in [5.41, 5.74) is 1.90. The molecular formula is C15H18N2O4. The number of aromatic amines is 1. The largest absolute Gasteiger partial charge is 0.358 e. The number of aromatic nitrogens is 1. The van der Waals surface area contributed by atoms with Gasteiger partial charge in [-0.2, -0.15) is 0 Å². The number of nitrogens with one attached hydrogen (secondary N) is 2. The van der Waals surface area contributed by atoms with Crippen molar-refractivity contribution in [3.8, 4) is 0 Å². The van der Waals surface area contributed by atoms with Crippen LogP contribution in [0.2, 0.25) is 0 Å². The molecule has 0 unspecified atom stereocenters. The lowest BCUT2D eigenvalue weighted by Crippen LogP contribution is -2.38. The Morgan fingerprint density at radius 3 is 2.57 bits per heavy atom. The summed E-state index contributed by atoms with van der Waals surface area (Å²) in [6.45, 7) is 1.88. The van der Waals surface area contributed by atoms with Gasteiger partial charge in [-0.3, -0.25) is 9.59 Å². The molecule has 0 spiro atoms. The number of fused-ring (bicyclic) bond motifs is 1. The van der Waals surface area contributed by atoms with Crippen LogP contribution in [-0.4, -0.2) is 43.7 Å². The molecule has 1 amide bonds. The molecule has 0 fully saturated rings. The smallest absolute Gasteiger partial charge is 0.292 e. The number of H-pyrrole nitrogens is 1. The Bertz CT molecular complexity index is 659. The van der Waals surface area contributed by atoms with E-state index in [0.29, 0.717) is 11.3 Å². The fourth-order valence-corrected chi connectivity index (χ4v) is 2.20. The summed E-state index contributed by atoms with van der Waals surface area (Å²) in [5.74, 6) is -1.25. The number of ether oxygens (including phenoxy) is 2. The third-order valence-corrected chi connectivity index (χ3v) is 3.28. The van der Waals surface area contributed by atoms with Crippen LogP contribution in [-0.2, 0) is 14.3 Å². The fourth-order valence-electron chi connectivity index (χ4n) is 2.20. The molecule has 2 N–H and O–H groups in total. The van der Waals surface area contributed by atoms with Gasteiger partial charge in [0.1, 0.15) is 0 Å². The summed E-state index contributed by atoms with van der Waals surface area (Å²) in [5, 5.41) is 3.25. The highest BCUT2D eigenvalue weighted by atomic mass is 16.7. The number of amides is 1. The maximum atomic E-state index is 12.3. The van der Waals surface area contributed by atoms with E-state index in [1.807, 2.05) is 24.3 Å². The van der Waals surface area contributed by atoms with E-state index in [2.05, 4.69) is 10.3 Å².